The Morgan fingerprint density at radius 2 is 1.83 bits per heavy atom. The van der Waals surface area contributed by atoms with E-state index in [0.717, 1.165) is 15.2 Å². The second-order valence-electron chi connectivity index (χ2n) is 5.20. The Morgan fingerprint density at radius 3 is 2.61 bits per heavy atom. The minimum absolute atomic E-state index is 0.326. The zero-order chi connectivity index (χ0) is 16.0. The molecule has 4 aromatic rings. The van der Waals surface area contributed by atoms with E-state index in [0.29, 0.717) is 22.6 Å². The van der Waals surface area contributed by atoms with E-state index in [4.69, 9.17) is 5.73 Å². The van der Waals surface area contributed by atoms with Gasteiger partial charge in [0, 0.05) is 12.6 Å². The lowest BCUT2D eigenvalue weighted by molar-refractivity contribution is 0.630. The van der Waals surface area contributed by atoms with Gasteiger partial charge in [-0.3, -0.25) is 4.68 Å². The molecule has 4 rings (SSSR count). The third-order valence-corrected chi connectivity index (χ3v) is 4.78. The standard InChI is InChI=1S/C17H13FN4S/c1-22-16(19)14(15(21-22)10-6-2-3-7-11(10)18)17-20-12-8-4-5-9-13(12)23-17/h2-9H,19H2,1H3. The van der Waals surface area contributed by atoms with Crippen molar-refractivity contribution in [3.63, 3.8) is 0 Å². The number of nitrogens with two attached hydrogens (primary N) is 1. The first kappa shape index (κ1) is 13.9. The Kier molecular flexibility index (Phi) is 3.12. The lowest BCUT2D eigenvalue weighted by Gasteiger charge is -2.02. The van der Waals surface area contributed by atoms with Crippen molar-refractivity contribution in [3.05, 3.63) is 54.3 Å². The summed E-state index contributed by atoms with van der Waals surface area (Å²) in [5.74, 6) is 0.148. The number of hydrogen-bond donors (Lipinski definition) is 1. The summed E-state index contributed by atoms with van der Waals surface area (Å²) in [6.07, 6.45) is 0. The van der Waals surface area contributed by atoms with Crippen molar-refractivity contribution in [2.24, 2.45) is 7.05 Å². The van der Waals surface area contributed by atoms with Gasteiger partial charge < -0.3 is 5.73 Å². The van der Waals surface area contributed by atoms with Crippen molar-refractivity contribution in [1.82, 2.24) is 14.8 Å². The van der Waals surface area contributed by atoms with Crippen LogP contribution in [0.25, 0.3) is 32.0 Å². The van der Waals surface area contributed by atoms with E-state index in [1.54, 1.807) is 29.9 Å². The van der Waals surface area contributed by atoms with Gasteiger partial charge in [-0.2, -0.15) is 5.10 Å². The molecule has 114 valence electrons. The normalized spacial score (nSPS) is 11.2. The van der Waals surface area contributed by atoms with Crippen LogP contribution in [0, 0.1) is 5.82 Å². The molecule has 0 unspecified atom stereocenters. The van der Waals surface area contributed by atoms with E-state index in [-0.39, 0.29) is 5.82 Å². The molecule has 6 heteroatoms. The zero-order valence-corrected chi connectivity index (χ0v) is 13.1. The number of fused-ring (bicyclic) bond motifs is 1. The van der Waals surface area contributed by atoms with Gasteiger partial charge in [0.1, 0.15) is 22.3 Å². The number of aryl methyl sites for hydroxylation is 1. The largest absolute Gasteiger partial charge is 0.383 e. The fourth-order valence-corrected chi connectivity index (χ4v) is 3.59. The highest BCUT2D eigenvalue weighted by Crippen LogP contribution is 2.40. The highest BCUT2D eigenvalue weighted by Gasteiger charge is 2.22. The van der Waals surface area contributed by atoms with Gasteiger partial charge in [0.05, 0.1) is 15.8 Å². The van der Waals surface area contributed by atoms with Crippen LogP contribution in [0.3, 0.4) is 0 Å². The molecule has 0 saturated carbocycles. The molecule has 0 radical (unpaired) electrons. The third-order valence-electron chi connectivity index (χ3n) is 3.73. The Bertz CT molecular complexity index is 986. The van der Waals surface area contributed by atoms with Crippen molar-refractivity contribution in [2.45, 2.75) is 0 Å². The lowest BCUT2D eigenvalue weighted by Crippen LogP contribution is -1.97. The van der Waals surface area contributed by atoms with E-state index >= 15 is 0 Å². The molecule has 0 atom stereocenters. The maximum atomic E-state index is 14.2. The first-order valence-corrected chi connectivity index (χ1v) is 7.90. The topological polar surface area (TPSA) is 56.7 Å². The average Bonchev–Trinajstić information content (AvgIpc) is 3.09. The molecule has 2 heterocycles. The fourth-order valence-electron chi connectivity index (χ4n) is 2.57. The van der Waals surface area contributed by atoms with Gasteiger partial charge >= 0.3 is 0 Å². The molecule has 0 amide bonds. The number of rotatable bonds is 2. The van der Waals surface area contributed by atoms with E-state index in [9.17, 15) is 4.39 Å². The minimum Gasteiger partial charge on any atom is -0.383 e. The summed E-state index contributed by atoms with van der Waals surface area (Å²) in [5, 5.41) is 5.15. The van der Waals surface area contributed by atoms with E-state index < -0.39 is 0 Å². The van der Waals surface area contributed by atoms with Crippen molar-refractivity contribution >= 4 is 27.4 Å². The molecule has 4 nitrogen and oxygen atoms in total. The van der Waals surface area contributed by atoms with Gasteiger partial charge in [-0.1, -0.05) is 24.3 Å². The number of halogens is 1. The molecular formula is C17H13FN4S. The van der Waals surface area contributed by atoms with Crippen LogP contribution in [0.4, 0.5) is 10.2 Å². The van der Waals surface area contributed by atoms with Crippen LogP contribution in [0.1, 0.15) is 0 Å². The maximum absolute atomic E-state index is 14.2. The van der Waals surface area contributed by atoms with Gasteiger partial charge in [0.2, 0.25) is 0 Å². The van der Waals surface area contributed by atoms with Gasteiger partial charge in [-0.15, -0.1) is 11.3 Å². The van der Waals surface area contributed by atoms with Crippen LogP contribution < -0.4 is 5.73 Å². The predicted molar refractivity (Wildman–Crippen MR) is 91.6 cm³/mol. The molecule has 0 spiro atoms. The second kappa shape index (κ2) is 5.17. The van der Waals surface area contributed by atoms with Crippen LogP contribution in [-0.4, -0.2) is 14.8 Å². The van der Waals surface area contributed by atoms with Crippen molar-refractivity contribution in [1.29, 1.82) is 0 Å². The zero-order valence-electron chi connectivity index (χ0n) is 12.3. The Hall–Kier alpha value is -2.73. The number of para-hydroxylation sites is 1. The molecular weight excluding hydrogens is 311 g/mol. The Balaban J connectivity index is 2.00. The first-order chi connectivity index (χ1) is 11.1. The highest BCUT2D eigenvalue weighted by molar-refractivity contribution is 7.21. The summed E-state index contributed by atoms with van der Waals surface area (Å²) in [7, 11) is 1.75. The summed E-state index contributed by atoms with van der Waals surface area (Å²) in [5.41, 5.74) is 8.71. The van der Waals surface area contributed by atoms with Gasteiger partial charge in [-0.25, -0.2) is 9.37 Å². The van der Waals surface area contributed by atoms with Gasteiger partial charge in [0.25, 0.3) is 0 Å². The molecule has 0 bridgehead atoms. The third kappa shape index (κ3) is 2.19. The molecule has 0 aliphatic rings. The summed E-state index contributed by atoms with van der Waals surface area (Å²) >= 11 is 1.53. The minimum atomic E-state index is -0.326. The Labute approximate surface area is 136 Å². The number of nitrogens with zero attached hydrogens (tertiary/aromatic N) is 3. The molecule has 0 saturated heterocycles. The predicted octanol–water partition coefficient (Wildman–Crippen LogP) is 4.09. The first-order valence-electron chi connectivity index (χ1n) is 7.08. The smallest absolute Gasteiger partial charge is 0.132 e. The van der Waals surface area contributed by atoms with Gasteiger partial charge in [0.15, 0.2) is 0 Å². The van der Waals surface area contributed by atoms with E-state index in [2.05, 4.69) is 10.1 Å². The van der Waals surface area contributed by atoms with Crippen molar-refractivity contribution in [3.8, 4) is 21.8 Å². The molecule has 0 aliphatic carbocycles. The number of benzene rings is 2. The summed E-state index contributed by atoms with van der Waals surface area (Å²) in [6, 6.07) is 14.4. The molecule has 0 fully saturated rings. The van der Waals surface area contributed by atoms with Crippen LogP contribution in [0.2, 0.25) is 0 Å². The number of anilines is 1. The van der Waals surface area contributed by atoms with Crippen LogP contribution in [0.15, 0.2) is 48.5 Å². The Morgan fingerprint density at radius 1 is 1.09 bits per heavy atom. The maximum Gasteiger partial charge on any atom is 0.132 e. The monoisotopic (exact) mass is 324 g/mol. The number of hydrogen-bond acceptors (Lipinski definition) is 4. The molecule has 0 aliphatic heterocycles. The highest BCUT2D eigenvalue weighted by atomic mass is 32.1. The fraction of sp³-hybridized carbons (Fsp3) is 0.0588. The lowest BCUT2D eigenvalue weighted by atomic mass is 10.1. The van der Waals surface area contributed by atoms with E-state index in [1.165, 1.54) is 17.4 Å². The number of thiazole rings is 1. The van der Waals surface area contributed by atoms with Crippen LogP contribution in [-0.2, 0) is 7.05 Å². The van der Waals surface area contributed by atoms with Crippen LogP contribution in [0.5, 0.6) is 0 Å². The summed E-state index contributed by atoms with van der Waals surface area (Å²) in [4.78, 5) is 4.64. The second-order valence-corrected chi connectivity index (χ2v) is 6.23. The van der Waals surface area contributed by atoms with Crippen molar-refractivity contribution in [2.75, 3.05) is 5.73 Å². The van der Waals surface area contributed by atoms with Crippen LogP contribution >= 0.6 is 11.3 Å². The number of nitrogen functional groups attached to an aromatic ring is 1. The van der Waals surface area contributed by atoms with Gasteiger partial charge in [-0.05, 0) is 24.3 Å². The van der Waals surface area contributed by atoms with Crippen molar-refractivity contribution < 1.29 is 4.39 Å². The molecule has 23 heavy (non-hydrogen) atoms. The average molecular weight is 324 g/mol. The molecule has 2 aromatic carbocycles. The molecule has 2 aromatic heterocycles. The number of aromatic nitrogens is 3. The van der Waals surface area contributed by atoms with E-state index in [1.807, 2.05) is 24.3 Å². The SMILES string of the molecule is Cn1nc(-c2ccccc2F)c(-c2nc3ccccc3s2)c1N. The summed E-state index contributed by atoms with van der Waals surface area (Å²) < 4.78 is 16.8. The quantitative estimate of drug-likeness (QED) is 0.604. The molecule has 2 N–H and O–H groups in total. The summed E-state index contributed by atoms with van der Waals surface area (Å²) in [6.45, 7) is 0.